The summed E-state index contributed by atoms with van der Waals surface area (Å²) in [6.07, 6.45) is 2.14. The van der Waals surface area contributed by atoms with Gasteiger partial charge in [-0.1, -0.05) is 19.1 Å². The number of nitrogens with one attached hydrogen (secondary N) is 1. The molecule has 1 aromatic carbocycles. The van der Waals surface area contributed by atoms with Gasteiger partial charge in [-0.3, -0.25) is 0 Å². The fraction of sp³-hybridized carbons (Fsp3) is 0.412. The van der Waals surface area contributed by atoms with Crippen LogP contribution in [-0.2, 0) is 6.42 Å². The van der Waals surface area contributed by atoms with Gasteiger partial charge in [-0.05, 0) is 65.6 Å². The Morgan fingerprint density at radius 2 is 2.10 bits per heavy atom. The van der Waals surface area contributed by atoms with Crippen molar-refractivity contribution in [3.8, 4) is 5.75 Å². The lowest BCUT2D eigenvalue weighted by Crippen LogP contribution is -2.23. The Kier molecular flexibility index (Phi) is 6.74. The van der Waals surface area contributed by atoms with Crippen LogP contribution >= 0.6 is 27.3 Å². The maximum absolute atomic E-state index is 5.62. The van der Waals surface area contributed by atoms with E-state index in [4.69, 9.17) is 4.74 Å². The quantitative estimate of drug-likeness (QED) is 0.692. The molecular weight excluding hydrogens is 346 g/mol. The SMILES string of the molecule is CCCNC(Cc1ccc(Br)s1)c1cccc(OCC)c1. The largest absolute Gasteiger partial charge is 0.494 e. The van der Waals surface area contributed by atoms with Crippen molar-refractivity contribution in [2.24, 2.45) is 0 Å². The van der Waals surface area contributed by atoms with E-state index in [1.165, 1.54) is 14.2 Å². The Morgan fingerprint density at radius 3 is 2.76 bits per heavy atom. The molecule has 1 atom stereocenters. The molecule has 0 spiro atoms. The van der Waals surface area contributed by atoms with Gasteiger partial charge in [-0.15, -0.1) is 11.3 Å². The van der Waals surface area contributed by atoms with Gasteiger partial charge in [0.1, 0.15) is 5.75 Å². The summed E-state index contributed by atoms with van der Waals surface area (Å²) in [6, 6.07) is 13.1. The topological polar surface area (TPSA) is 21.3 Å². The molecule has 2 aromatic rings. The number of halogens is 1. The molecule has 0 aliphatic heterocycles. The second-order valence-electron chi connectivity index (χ2n) is 4.92. The van der Waals surface area contributed by atoms with Crippen LogP contribution in [0.5, 0.6) is 5.75 Å². The molecular formula is C17H22BrNOS. The lowest BCUT2D eigenvalue weighted by atomic mass is 10.0. The lowest BCUT2D eigenvalue weighted by Gasteiger charge is -2.19. The minimum absolute atomic E-state index is 0.330. The van der Waals surface area contributed by atoms with Crippen molar-refractivity contribution in [1.82, 2.24) is 5.32 Å². The summed E-state index contributed by atoms with van der Waals surface area (Å²) < 4.78 is 6.81. The Balaban J connectivity index is 2.16. The van der Waals surface area contributed by atoms with Gasteiger partial charge in [0, 0.05) is 17.3 Å². The number of benzene rings is 1. The minimum Gasteiger partial charge on any atom is -0.494 e. The van der Waals surface area contributed by atoms with E-state index in [-0.39, 0.29) is 0 Å². The van der Waals surface area contributed by atoms with Crippen LogP contribution in [-0.4, -0.2) is 13.2 Å². The maximum atomic E-state index is 5.62. The van der Waals surface area contributed by atoms with Crippen LogP contribution in [0.1, 0.15) is 36.8 Å². The number of rotatable bonds is 8. The van der Waals surface area contributed by atoms with Crippen molar-refractivity contribution < 1.29 is 4.74 Å². The first-order valence-electron chi connectivity index (χ1n) is 7.43. The fourth-order valence-corrected chi connectivity index (χ4v) is 3.81. The minimum atomic E-state index is 0.330. The standard InChI is InChI=1S/C17H22BrNOS/c1-3-10-19-16(12-15-8-9-17(18)21-15)13-6-5-7-14(11-13)20-4-2/h5-9,11,16,19H,3-4,10,12H2,1-2H3. The zero-order valence-corrected chi connectivity index (χ0v) is 15.0. The van der Waals surface area contributed by atoms with Crippen LogP contribution in [0, 0.1) is 0 Å². The molecule has 2 rings (SSSR count). The molecule has 0 fully saturated rings. The average molecular weight is 368 g/mol. The highest BCUT2D eigenvalue weighted by atomic mass is 79.9. The van der Waals surface area contributed by atoms with Crippen LogP contribution in [0.25, 0.3) is 0 Å². The highest BCUT2D eigenvalue weighted by Crippen LogP contribution is 2.28. The predicted octanol–water partition coefficient (Wildman–Crippen LogP) is 5.19. The van der Waals surface area contributed by atoms with Gasteiger partial charge in [0.25, 0.3) is 0 Å². The molecule has 1 heterocycles. The third-order valence-corrected chi connectivity index (χ3v) is 4.89. The summed E-state index contributed by atoms with van der Waals surface area (Å²) in [5.41, 5.74) is 1.29. The number of hydrogen-bond acceptors (Lipinski definition) is 3. The summed E-state index contributed by atoms with van der Waals surface area (Å²) in [6.45, 7) is 5.94. The second kappa shape index (κ2) is 8.57. The summed E-state index contributed by atoms with van der Waals surface area (Å²) >= 11 is 5.35. The van der Waals surface area contributed by atoms with Crippen LogP contribution in [0.3, 0.4) is 0 Å². The monoisotopic (exact) mass is 367 g/mol. The van der Waals surface area contributed by atoms with Gasteiger partial charge in [0.05, 0.1) is 10.4 Å². The van der Waals surface area contributed by atoms with Crippen LogP contribution < -0.4 is 10.1 Å². The summed E-state index contributed by atoms with van der Waals surface area (Å²) in [4.78, 5) is 1.39. The Hall–Kier alpha value is -0.840. The Labute approximate surface area is 139 Å². The van der Waals surface area contributed by atoms with Crippen molar-refractivity contribution in [3.63, 3.8) is 0 Å². The van der Waals surface area contributed by atoms with Crippen molar-refractivity contribution >= 4 is 27.3 Å². The molecule has 1 aromatic heterocycles. The third-order valence-electron chi connectivity index (χ3n) is 3.25. The molecule has 0 amide bonds. The molecule has 1 unspecified atom stereocenters. The third kappa shape index (κ3) is 5.13. The molecule has 2 nitrogen and oxygen atoms in total. The maximum Gasteiger partial charge on any atom is 0.119 e. The summed E-state index contributed by atoms with van der Waals surface area (Å²) in [5.74, 6) is 0.950. The van der Waals surface area contributed by atoms with E-state index < -0.39 is 0 Å². The van der Waals surface area contributed by atoms with Crippen molar-refractivity contribution in [2.45, 2.75) is 32.7 Å². The van der Waals surface area contributed by atoms with Gasteiger partial charge in [0.2, 0.25) is 0 Å². The summed E-state index contributed by atoms with van der Waals surface area (Å²) in [5, 5.41) is 3.65. The van der Waals surface area contributed by atoms with Crippen molar-refractivity contribution in [3.05, 3.63) is 50.6 Å². The van der Waals surface area contributed by atoms with E-state index >= 15 is 0 Å². The highest BCUT2D eigenvalue weighted by Gasteiger charge is 2.13. The van der Waals surface area contributed by atoms with Gasteiger partial charge < -0.3 is 10.1 Å². The van der Waals surface area contributed by atoms with Gasteiger partial charge in [-0.25, -0.2) is 0 Å². The molecule has 4 heteroatoms. The van der Waals surface area contributed by atoms with Crippen molar-refractivity contribution in [1.29, 1.82) is 0 Å². The fourth-order valence-electron chi connectivity index (χ4n) is 2.28. The number of thiophene rings is 1. The molecule has 21 heavy (non-hydrogen) atoms. The van der Waals surface area contributed by atoms with E-state index in [0.29, 0.717) is 12.6 Å². The van der Waals surface area contributed by atoms with Crippen LogP contribution in [0.15, 0.2) is 40.2 Å². The van der Waals surface area contributed by atoms with Crippen LogP contribution in [0.4, 0.5) is 0 Å². The number of ether oxygens (including phenoxy) is 1. The van der Waals surface area contributed by atoms with E-state index in [0.717, 1.165) is 25.1 Å². The molecule has 0 saturated carbocycles. The Morgan fingerprint density at radius 1 is 1.24 bits per heavy atom. The van der Waals surface area contributed by atoms with Gasteiger partial charge in [0.15, 0.2) is 0 Å². The first-order valence-corrected chi connectivity index (χ1v) is 9.04. The van der Waals surface area contributed by atoms with E-state index in [9.17, 15) is 0 Å². The average Bonchev–Trinajstić information content (AvgIpc) is 2.89. The first kappa shape index (κ1) is 16.5. The normalized spacial score (nSPS) is 12.3. The second-order valence-corrected chi connectivity index (χ2v) is 7.47. The summed E-state index contributed by atoms with van der Waals surface area (Å²) in [7, 11) is 0. The lowest BCUT2D eigenvalue weighted by molar-refractivity contribution is 0.339. The molecule has 1 N–H and O–H groups in total. The molecule has 0 aliphatic rings. The molecule has 0 aliphatic carbocycles. The first-order chi connectivity index (χ1) is 10.2. The smallest absolute Gasteiger partial charge is 0.119 e. The predicted molar refractivity (Wildman–Crippen MR) is 94.4 cm³/mol. The van der Waals surface area contributed by atoms with E-state index in [2.05, 4.69) is 58.5 Å². The van der Waals surface area contributed by atoms with Crippen molar-refractivity contribution in [2.75, 3.05) is 13.2 Å². The zero-order valence-electron chi connectivity index (χ0n) is 12.6. The van der Waals surface area contributed by atoms with E-state index in [1.54, 1.807) is 11.3 Å². The molecule has 0 radical (unpaired) electrons. The highest BCUT2D eigenvalue weighted by molar-refractivity contribution is 9.11. The number of hydrogen-bond donors (Lipinski definition) is 1. The van der Waals surface area contributed by atoms with Crippen LogP contribution in [0.2, 0.25) is 0 Å². The van der Waals surface area contributed by atoms with Gasteiger partial charge >= 0.3 is 0 Å². The van der Waals surface area contributed by atoms with E-state index in [1.807, 2.05) is 13.0 Å². The van der Waals surface area contributed by atoms with Gasteiger partial charge in [-0.2, -0.15) is 0 Å². The molecule has 114 valence electrons. The Bertz CT molecular complexity index is 555. The molecule has 0 saturated heterocycles. The zero-order chi connectivity index (χ0) is 15.1. The molecule has 0 bridgehead atoms.